The van der Waals surface area contributed by atoms with Crippen LogP contribution in [-0.4, -0.2) is 20.9 Å². The van der Waals surface area contributed by atoms with Crippen LogP contribution >= 0.6 is 11.6 Å². The van der Waals surface area contributed by atoms with Crippen LogP contribution in [0.25, 0.3) is 0 Å². The molecule has 0 radical (unpaired) electrons. The van der Waals surface area contributed by atoms with Gasteiger partial charge in [0.2, 0.25) is 5.91 Å². The fourth-order valence-electron chi connectivity index (χ4n) is 2.92. The molecule has 4 nitrogen and oxygen atoms in total. The van der Waals surface area contributed by atoms with Gasteiger partial charge in [0.05, 0.1) is 11.3 Å². The Labute approximate surface area is 174 Å². The first-order valence-electron chi connectivity index (χ1n) is 8.92. The molecule has 1 N–H and O–H groups in total. The lowest BCUT2D eigenvalue weighted by Gasteiger charge is -2.19. The number of benzene rings is 3. The highest BCUT2D eigenvalue weighted by atomic mass is 35.5. The van der Waals surface area contributed by atoms with Crippen LogP contribution < -0.4 is 5.32 Å². The van der Waals surface area contributed by atoms with E-state index >= 15 is 0 Å². The summed E-state index contributed by atoms with van der Waals surface area (Å²) in [6.07, 6.45) is 0.106. The van der Waals surface area contributed by atoms with Crippen LogP contribution in [0.2, 0.25) is 5.02 Å². The van der Waals surface area contributed by atoms with E-state index < -0.39 is 20.9 Å². The number of sulfone groups is 1. The normalized spacial score (nSPS) is 12.3. The molecule has 1 amide bonds. The van der Waals surface area contributed by atoms with Crippen LogP contribution in [0.15, 0.2) is 83.8 Å². The number of carbonyl (C=O) groups excluding carboxylic acids is 1. The van der Waals surface area contributed by atoms with Gasteiger partial charge >= 0.3 is 0 Å². The third-order valence-corrected chi connectivity index (χ3v) is 6.82. The van der Waals surface area contributed by atoms with Gasteiger partial charge in [-0.15, -0.1) is 0 Å². The fraction of sp³-hybridized carbons (Fsp3) is 0.136. The van der Waals surface area contributed by atoms with Gasteiger partial charge in [0, 0.05) is 11.6 Å². The van der Waals surface area contributed by atoms with Crippen molar-refractivity contribution in [2.24, 2.45) is 0 Å². The van der Waals surface area contributed by atoms with E-state index in [0.717, 1.165) is 17.7 Å². The summed E-state index contributed by atoms with van der Waals surface area (Å²) in [5.41, 5.74) is 1.31. The lowest BCUT2D eigenvalue weighted by molar-refractivity contribution is -0.120. The van der Waals surface area contributed by atoms with Crippen LogP contribution in [0.5, 0.6) is 0 Å². The van der Waals surface area contributed by atoms with E-state index in [1.807, 2.05) is 0 Å². The molecule has 1 atom stereocenters. The topological polar surface area (TPSA) is 63.2 Å². The molecule has 0 saturated heterocycles. The van der Waals surface area contributed by atoms with Crippen LogP contribution in [0.3, 0.4) is 0 Å². The summed E-state index contributed by atoms with van der Waals surface area (Å²) < 4.78 is 39.6. The maximum Gasteiger partial charge on any atom is 0.224 e. The fourth-order valence-corrected chi connectivity index (χ4v) is 4.71. The van der Waals surface area contributed by atoms with E-state index in [1.54, 1.807) is 54.6 Å². The second-order valence-corrected chi connectivity index (χ2v) is 9.07. The standard InChI is InChI=1S/C22H19ClFNO3S/c23-18-8-6-16(7-9-18)14-22(26)25-15-21(17-4-2-1-3-5-17)29(27,28)20-12-10-19(24)11-13-20/h1-13,21H,14-15H2,(H,25,26). The molecule has 1 unspecified atom stereocenters. The van der Waals surface area contributed by atoms with Crippen molar-refractivity contribution in [1.29, 1.82) is 0 Å². The summed E-state index contributed by atoms with van der Waals surface area (Å²) in [6.45, 7) is -0.101. The van der Waals surface area contributed by atoms with E-state index in [-0.39, 0.29) is 23.8 Å². The first kappa shape index (κ1) is 21.0. The third kappa shape index (κ3) is 5.43. The molecular weight excluding hydrogens is 413 g/mol. The van der Waals surface area contributed by atoms with Gasteiger partial charge in [-0.05, 0) is 47.5 Å². The van der Waals surface area contributed by atoms with Gasteiger partial charge in [0.15, 0.2) is 9.84 Å². The van der Waals surface area contributed by atoms with Gasteiger partial charge in [-0.1, -0.05) is 54.1 Å². The zero-order valence-electron chi connectivity index (χ0n) is 15.4. The highest BCUT2D eigenvalue weighted by Crippen LogP contribution is 2.28. The molecular formula is C22H19ClFNO3S. The van der Waals surface area contributed by atoms with E-state index in [0.29, 0.717) is 10.6 Å². The summed E-state index contributed by atoms with van der Waals surface area (Å²) in [6, 6.07) is 20.2. The molecule has 0 fully saturated rings. The average Bonchev–Trinajstić information content (AvgIpc) is 2.71. The smallest absolute Gasteiger partial charge is 0.224 e. The van der Waals surface area contributed by atoms with Crippen molar-refractivity contribution in [3.8, 4) is 0 Å². The van der Waals surface area contributed by atoms with Crippen molar-refractivity contribution in [2.45, 2.75) is 16.6 Å². The summed E-state index contributed by atoms with van der Waals surface area (Å²) in [4.78, 5) is 12.4. The van der Waals surface area contributed by atoms with E-state index in [1.165, 1.54) is 12.1 Å². The number of rotatable bonds is 7. The van der Waals surface area contributed by atoms with Crippen molar-refractivity contribution in [3.63, 3.8) is 0 Å². The zero-order valence-corrected chi connectivity index (χ0v) is 17.0. The van der Waals surface area contributed by atoms with Crippen molar-refractivity contribution >= 4 is 27.3 Å². The molecule has 0 aliphatic heterocycles. The van der Waals surface area contributed by atoms with Crippen LogP contribution in [-0.2, 0) is 21.1 Å². The second-order valence-electron chi connectivity index (χ2n) is 6.51. The average molecular weight is 432 g/mol. The first-order valence-corrected chi connectivity index (χ1v) is 10.8. The van der Waals surface area contributed by atoms with Gasteiger partial charge < -0.3 is 5.32 Å². The maximum absolute atomic E-state index is 13.2. The highest BCUT2D eigenvalue weighted by molar-refractivity contribution is 7.91. The Morgan fingerprint density at radius 3 is 2.17 bits per heavy atom. The van der Waals surface area contributed by atoms with Gasteiger partial charge in [0.1, 0.15) is 11.1 Å². The molecule has 0 bridgehead atoms. The molecule has 0 aliphatic rings. The van der Waals surface area contributed by atoms with E-state index in [9.17, 15) is 17.6 Å². The molecule has 0 heterocycles. The Morgan fingerprint density at radius 1 is 0.931 bits per heavy atom. The number of amides is 1. The summed E-state index contributed by atoms with van der Waals surface area (Å²) in [7, 11) is -3.84. The molecule has 0 aromatic heterocycles. The lowest BCUT2D eigenvalue weighted by atomic mass is 10.1. The largest absolute Gasteiger partial charge is 0.354 e. The summed E-state index contributed by atoms with van der Waals surface area (Å²) in [5, 5.41) is 2.28. The Hall–Kier alpha value is -2.70. The monoisotopic (exact) mass is 431 g/mol. The molecule has 0 aliphatic carbocycles. The van der Waals surface area contributed by atoms with Gasteiger partial charge in [-0.3, -0.25) is 4.79 Å². The second kappa shape index (κ2) is 9.20. The third-order valence-electron chi connectivity index (χ3n) is 4.45. The Kier molecular flexibility index (Phi) is 6.67. The number of hydrogen-bond acceptors (Lipinski definition) is 3. The maximum atomic E-state index is 13.2. The minimum Gasteiger partial charge on any atom is -0.354 e. The minimum atomic E-state index is -3.84. The van der Waals surface area contributed by atoms with Crippen molar-refractivity contribution < 1.29 is 17.6 Å². The van der Waals surface area contributed by atoms with E-state index in [2.05, 4.69) is 5.32 Å². The molecule has 3 aromatic carbocycles. The Morgan fingerprint density at radius 2 is 1.55 bits per heavy atom. The number of hydrogen-bond donors (Lipinski definition) is 1. The van der Waals surface area contributed by atoms with Gasteiger partial charge in [0.25, 0.3) is 0 Å². The Balaban J connectivity index is 1.80. The van der Waals surface area contributed by atoms with Crippen molar-refractivity contribution in [1.82, 2.24) is 5.32 Å². The molecule has 3 rings (SSSR count). The van der Waals surface area contributed by atoms with Crippen molar-refractivity contribution in [3.05, 3.63) is 101 Å². The van der Waals surface area contributed by atoms with Gasteiger partial charge in [-0.2, -0.15) is 0 Å². The van der Waals surface area contributed by atoms with Crippen LogP contribution in [0.4, 0.5) is 4.39 Å². The summed E-state index contributed by atoms with van der Waals surface area (Å²) in [5.74, 6) is -0.820. The van der Waals surface area contributed by atoms with Crippen molar-refractivity contribution in [2.75, 3.05) is 6.54 Å². The van der Waals surface area contributed by atoms with Crippen LogP contribution in [0.1, 0.15) is 16.4 Å². The molecule has 0 saturated carbocycles. The molecule has 3 aromatic rings. The first-order chi connectivity index (χ1) is 13.9. The van der Waals surface area contributed by atoms with Crippen LogP contribution in [0, 0.1) is 5.82 Å². The predicted molar refractivity (Wildman–Crippen MR) is 111 cm³/mol. The molecule has 0 spiro atoms. The van der Waals surface area contributed by atoms with E-state index in [4.69, 9.17) is 11.6 Å². The Bertz CT molecular complexity index is 1070. The quantitative estimate of drug-likeness (QED) is 0.565. The SMILES string of the molecule is O=C(Cc1ccc(Cl)cc1)NCC(c1ccccc1)S(=O)(=O)c1ccc(F)cc1. The summed E-state index contributed by atoms with van der Waals surface area (Å²) >= 11 is 5.85. The zero-order chi connectivity index (χ0) is 20.9. The number of nitrogens with one attached hydrogen (secondary N) is 1. The predicted octanol–water partition coefficient (Wildman–Crippen LogP) is 4.35. The molecule has 29 heavy (non-hydrogen) atoms. The minimum absolute atomic E-state index is 0.000275. The number of carbonyl (C=O) groups is 1. The van der Waals surface area contributed by atoms with Gasteiger partial charge in [-0.25, -0.2) is 12.8 Å². The number of halogens is 2. The lowest BCUT2D eigenvalue weighted by Crippen LogP contribution is -2.32. The molecule has 150 valence electrons. The molecule has 7 heteroatoms. The highest BCUT2D eigenvalue weighted by Gasteiger charge is 2.29.